The fourth-order valence-corrected chi connectivity index (χ4v) is 1.41. The van der Waals surface area contributed by atoms with Gasteiger partial charge in [0.15, 0.2) is 0 Å². The van der Waals surface area contributed by atoms with E-state index in [9.17, 15) is 4.79 Å². The summed E-state index contributed by atoms with van der Waals surface area (Å²) in [4.78, 5) is 11.6. The standard InChI is InChI=1S/C14H22N2O/c1-10(2)12(4)16-14(17)9-15-13-7-5-6-11(3)8-13/h5-8,10,12,15H,9H2,1-4H3,(H,16,17). The second kappa shape index (κ2) is 6.28. The lowest BCUT2D eigenvalue weighted by Gasteiger charge is -2.17. The average molecular weight is 234 g/mol. The van der Waals surface area contributed by atoms with Crippen LogP contribution in [0.3, 0.4) is 0 Å². The van der Waals surface area contributed by atoms with Gasteiger partial charge in [-0.05, 0) is 37.5 Å². The van der Waals surface area contributed by atoms with Gasteiger partial charge in [0, 0.05) is 11.7 Å². The van der Waals surface area contributed by atoms with Gasteiger partial charge in [0.05, 0.1) is 6.54 Å². The summed E-state index contributed by atoms with van der Waals surface area (Å²) in [5.74, 6) is 0.491. The molecule has 94 valence electrons. The fraction of sp³-hybridized carbons (Fsp3) is 0.500. The quantitative estimate of drug-likeness (QED) is 0.822. The van der Waals surface area contributed by atoms with Crippen LogP contribution < -0.4 is 10.6 Å². The first-order valence-electron chi connectivity index (χ1n) is 6.09. The summed E-state index contributed by atoms with van der Waals surface area (Å²) in [6.07, 6.45) is 0. The van der Waals surface area contributed by atoms with Gasteiger partial charge in [-0.15, -0.1) is 0 Å². The molecule has 1 unspecified atom stereocenters. The van der Waals surface area contributed by atoms with Crippen LogP contribution in [0.4, 0.5) is 5.69 Å². The third-order valence-electron chi connectivity index (χ3n) is 2.86. The van der Waals surface area contributed by atoms with Crippen LogP contribution in [0.15, 0.2) is 24.3 Å². The van der Waals surface area contributed by atoms with Crippen molar-refractivity contribution in [1.82, 2.24) is 5.32 Å². The van der Waals surface area contributed by atoms with Gasteiger partial charge in [0.1, 0.15) is 0 Å². The van der Waals surface area contributed by atoms with Crippen molar-refractivity contribution in [3.05, 3.63) is 29.8 Å². The Labute approximate surface area is 104 Å². The van der Waals surface area contributed by atoms with E-state index in [-0.39, 0.29) is 11.9 Å². The molecule has 0 heterocycles. The highest BCUT2D eigenvalue weighted by atomic mass is 16.1. The van der Waals surface area contributed by atoms with E-state index < -0.39 is 0 Å². The lowest BCUT2D eigenvalue weighted by Crippen LogP contribution is -2.39. The minimum atomic E-state index is 0.0349. The van der Waals surface area contributed by atoms with Gasteiger partial charge in [-0.25, -0.2) is 0 Å². The van der Waals surface area contributed by atoms with Gasteiger partial charge in [-0.2, -0.15) is 0 Å². The molecule has 0 aliphatic rings. The van der Waals surface area contributed by atoms with E-state index in [0.29, 0.717) is 12.5 Å². The molecule has 0 aromatic heterocycles. The molecule has 0 bridgehead atoms. The maximum Gasteiger partial charge on any atom is 0.239 e. The van der Waals surface area contributed by atoms with Gasteiger partial charge in [0.25, 0.3) is 0 Å². The Morgan fingerprint density at radius 2 is 2.00 bits per heavy atom. The molecule has 2 N–H and O–H groups in total. The summed E-state index contributed by atoms with van der Waals surface area (Å²) >= 11 is 0. The van der Waals surface area contributed by atoms with Crippen molar-refractivity contribution >= 4 is 11.6 Å². The Morgan fingerprint density at radius 1 is 1.29 bits per heavy atom. The van der Waals surface area contributed by atoms with Crippen molar-refractivity contribution in [2.24, 2.45) is 5.92 Å². The molecule has 1 atom stereocenters. The molecular formula is C14H22N2O. The van der Waals surface area contributed by atoms with Crippen LogP contribution in [0.1, 0.15) is 26.3 Å². The number of carbonyl (C=O) groups excluding carboxylic acids is 1. The largest absolute Gasteiger partial charge is 0.376 e. The lowest BCUT2D eigenvalue weighted by molar-refractivity contribution is -0.120. The molecule has 1 aromatic rings. The third-order valence-corrected chi connectivity index (χ3v) is 2.86. The zero-order valence-corrected chi connectivity index (χ0v) is 11.1. The Morgan fingerprint density at radius 3 is 2.59 bits per heavy atom. The Kier molecular flexibility index (Phi) is 5.01. The van der Waals surface area contributed by atoms with Gasteiger partial charge in [-0.1, -0.05) is 26.0 Å². The number of nitrogens with one attached hydrogen (secondary N) is 2. The third kappa shape index (κ3) is 4.89. The first-order chi connectivity index (χ1) is 7.99. The second-order valence-corrected chi connectivity index (χ2v) is 4.82. The maximum atomic E-state index is 11.6. The number of aryl methyl sites for hydroxylation is 1. The summed E-state index contributed by atoms with van der Waals surface area (Å²) in [5.41, 5.74) is 2.17. The molecule has 0 saturated carbocycles. The van der Waals surface area contributed by atoms with Crippen LogP contribution in [0.25, 0.3) is 0 Å². The molecule has 17 heavy (non-hydrogen) atoms. The van der Waals surface area contributed by atoms with E-state index in [0.717, 1.165) is 5.69 Å². The number of carbonyl (C=O) groups is 1. The molecule has 0 aliphatic heterocycles. The number of amides is 1. The van der Waals surface area contributed by atoms with Gasteiger partial charge < -0.3 is 10.6 Å². The minimum absolute atomic E-state index is 0.0349. The van der Waals surface area contributed by atoms with Crippen molar-refractivity contribution < 1.29 is 4.79 Å². The summed E-state index contributed by atoms with van der Waals surface area (Å²) in [7, 11) is 0. The monoisotopic (exact) mass is 234 g/mol. The first kappa shape index (κ1) is 13.6. The summed E-state index contributed by atoms with van der Waals surface area (Å²) in [5, 5.41) is 6.08. The van der Waals surface area contributed by atoms with Crippen LogP contribution in [0.2, 0.25) is 0 Å². The van der Waals surface area contributed by atoms with Crippen molar-refractivity contribution in [3.63, 3.8) is 0 Å². The van der Waals surface area contributed by atoms with Crippen LogP contribution in [-0.2, 0) is 4.79 Å². The fourth-order valence-electron chi connectivity index (χ4n) is 1.41. The van der Waals surface area contributed by atoms with Gasteiger partial charge in [-0.3, -0.25) is 4.79 Å². The smallest absolute Gasteiger partial charge is 0.239 e. The minimum Gasteiger partial charge on any atom is -0.376 e. The van der Waals surface area contributed by atoms with E-state index in [1.807, 2.05) is 38.1 Å². The summed E-state index contributed by atoms with van der Waals surface area (Å²) in [6, 6.07) is 8.21. The molecule has 0 spiro atoms. The Bertz CT molecular complexity index is 374. The molecule has 0 aliphatic carbocycles. The predicted molar refractivity (Wildman–Crippen MR) is 72.1 cm³/mol. The van der Waals surface area contributed by atoms with E-state index in [4.69, 9.17) is 0 Å². The Balaban J connectivity index is 2.38. The van der Waals surface area contributed by atoms with Crippen LogP contribution in [0, 0.1) is 12.8 Å². The number of hydrogen-bond donors (Lipinski definition) is 2. The maximum absolute atomic E-state index is 11.6. The summed E-state index contributed by atoms with van der Waals surface area (Å²) < 4.78 is 0. The SMILES string of the molecule is Cc1cccc(NCC(=O)NC(C)C(C)C)c1. The molecule has 1 aromatic carbocycles. The molecule has 1 rings (SSSR count). The van der Waals surface area contributed by atoms with Crippen molar-refractivity contribution in [1.29, 1.82) is 0 Å². The zero-order chi connectivity index (χ0) is 12.8. The van der Waals surface area contributed by atoms with Gasteiger partial charge in [0.2, 0.25) is 5.91 Å². The number of anilines is 1. The van der Waals surface area contributed by atoms with Crippen molar-refractivity contribution in [3.8, 4) is 0 Å². The molecular weight excluding hydrogens is 212 g/mol. The normalized spacial score (nSPS) is 12.3. The highest BCUT2D eigenvalue weighted by Crippen LogP contribution is 2.08. The number of hydrogen-bond acceptors (Lipinski definition) is 2. The molecule has 0 fully saturated rings. The van der Waals surface area contributed by atoms with E-state index in [1.165, 1.54) is 5.56 Å². The molecule has 0 saturated heterocycles. The highest BCUT2D eigenvalue weighted by molar-refractivity contribution is 5.80. The first-order valence-corrected chi connectivity index (χ1v) is 6.09. The van der Waals surface area contributed by atoms with E-state index in [2.05, 4.69) is 24.5 Å². The molecule has 0 radical (unpaired) electrons. The topological polar surface area (TPSA) is 41.1 Å². The average Bonchev–Trinajstić information content (AvgIpc) is 2.26. The lowest BCUT2D eigenvalue weighted by atomic mass is 10.1. The van der Waals surface area contributed by atoms with Crippen LogP contribution >= 0.6 is 0 Å². The zero-order valence-electron chi connectivity index (χ0n) is 11.1. The summed E-state index contributed by atoms with van der Waals surface area (Å²) in [6.45, 7) is 8.57. The predicted octanol–water partition coefficient (Wildman–Crippen LogP) is 2.57. The van der Waals surface area contributed by atoms with Gasteiger partial charge >= 0.3 is 0 Å². The number of benzene rings is 1. The molecule has 3 nitrogen and oxygen atoms in total. The Hall–Kier alpha value is -1.51. The van der Waals surface area contributed by atoms with Crippen LogP contribution in [-0.4, -0.2) is 18.5 Å². The van der Waals surface area contributed by atoms with Crippen molar-refractivity contribution in [2.75, 3.05) is 11.9 Å². The van der Waals surface area contributed by atoms with Crippen LogP contribution in [0.5, 0.6) is 0 Å². The van der Waals surface area contributed by atoms with Crippen molar-refractivity contribution in [2.45, 2.75) is 33.7 Å². The second-order valence-electron chi connectivity index (χ2n) is 4.82. The highest BCUT2D eigenvalue weighted by Gasteiger charge is 2.10. The van der Waals surface area contributed by atoms with E-state index >= 15 is 0 Å². The molecule has 3 heteroatoms. The van der Waals surface area contributed by atoms with E-state index in [1.54, 1.807) is 0 Å². The number of rotatable bonds is 5. The molecule has 1 amide bonds.